The Morgan fingerprint density at radius 3 is 2.37 bits per heavy atom. The summed E-state index contributed by atoms with van der Waals surface area (Å²) >= 11 is 6.11. The molecule has 0 saturated heterocycles. The summed E-state index contributed by atoms with van der Waals surface area (Å²) in [7, 11) is 0. The van der Waals surface area contributed by atoms with Crippen molar-refractivity contribution >= 4 is 37.5 Å². The van der Waals surface area contributed by atoms with Gasteiger partial charge in [0.25, 0.3) is 0 Å². The van der Waals surface area contributed by atoms with E-state index >= 15 is 0 Å². The zero-order valence-electron chi connectivity index (χ0n) is 9.48. The molecule has 0 aliphatic rings. The lowest BCUT2D eigenvalue weighted by atomic mass is 10.2. The monoisotopic (exact) mass is 393 g/mol. The van der Waals surface area contributed by atoms with Gasteiger partial charge in [-0.3, -0.25) is 0 Å². The van der Waals surface area contributed by atoms with E-state index < -0.39 is 17.5 Å². The molecule has 0 aliphatic heterocycles. The molecule has 6 heteroatoms. The van der Waals surface area contributed by atoms with E-state index in [9.17, 15) is 13.2 Å². The van der Waals surface area contributed by atoms with Crippen LogP contribution < -0.4 is 5.32 Å². The Hall–Kier alpha value is -1.01. The van der Waals surface area contributed by atoms with Crippen molar-refractivity contribution in [3.8, 4) is 0 Å². The van der Waals surface area contributed by atoms with Crippen molar-refractivity contribution in [2.45, 2.75) is 6.54 Å². The fourth-order valence-corrected chi connectivity index (χ4v) is 2.25. The zero-order valence-corrected chi connectivity index (χ0v) is 12.7. The van der Waals surface area contributed by atoms with Gasteiger partial charge < -0.3 is 5.32 Å². The third-order valence-corrected chi connectivity index (χ3v) is 3.59. The number of benzene rings is 2. The summed E-state index contributed by atoms with van der Waals surface area (Å²) in [5.41, 5.74) is 0.345. The maximum Gasteiger partial charge on any atom is 0.147 e. The molecule has 2 aromatic rings. The predicted molar refractivity (Wildman–Crippen MR) is 75.5 cm³/mol. The lowest BCUT2D eigenvalue weighted by Gasteiger charge is -2.09. The van der Waals surface area contributed by atoms with Crippen molar-refractivity contribution in [1.29, 1.82) is 0 Å². The van der Waals surface area contributed by atoms with Crippen LogP contribution in [-0.2, 0) is 6.54 Å². The summed E-state index contributed by atoms with van der Waals surface area (Å²) < 4.78 is 41.1. The molecule has 100 valence electrons. The van der Waals surface area contributed by atoms with Crippen LogP contribution in [0.3, 0.4) is 0 Å². The topological polar surface area (TPSA) is 12.0 Å². The fourth-order valence-electron chi connectivity index (χ4n) is 1.53. The van der Waals surface area contributed by atoms with Gasteiger partial charge in [0.15, 0.2) is 0 Å². The van der Waals surface area contributed by atoms with Gasteiger partial charge in [-0.15, -0.1) is 0 Å². The quantitative estimate of drug-likeness (QED) is 0.702. The molecular weight excluding hydrogens is 387 g/mol. The van der Waals surface area contributed by atoms with Gasteiger partial charge in [-0.25, -0.2) is 13.2 Å². The Balaban J connectivity index is 2.19. The van der Waals surface area contributed by atoms with Crippen LogP contribution in [0.25, 0.3) is 0 Å². The first kappa shape index (κ1) is 14.4. The number of hydrogen-bond acceptors (Lipinski definition) is 1. The Labute approximate surface area is 125 Å². The molecule has 0 amide bonds. The Kier molecular flexibility index (Phi) is 4.52. The molecule has 0 unspecified atom stereocenters. The number of hydrogen-bond donors (Lipinski definition) is 1. The summed E-state index contributed by atoms with van der Waals surface area (Å²) in [6.45, 7) is 0.0588. The van der Waals surface area contributed by atoms with Gasteiger partial charge in [-0.05, 0) is 40.2 Å². The molecular formula is C13H8Br2F3N. The van der Waals surface area contributed by atoms with E-state index in [4.69, 9.17) is 0 Å². The maximum atomic E-state index is 13.6. The molecule has 1 nitrogen and oxygen atoms in total. The number of halogens is 5. The normalized spacial score (nSPS) is 10.6. The molecule has 19 heavy (non-hydrogen) atoms. The van der Waals surface area contributed by atoms with Crippen LogP contribution in [0, 0.1) is 17.5 Å². The first-order chi connectivity index (χ1) is 8.97. The van der Waals surface area contributed by atoms with Crippen LogP contribution in [0.15, 0.2) is 39.3 Å². The highest BCUT2D eigenvalue weighted by Crippen LogP contribution is 2.24. The summed E-state index contributed by atoms with van der Waals surface area (Å²) in [5.74, 6) is -1.60. The lowest BCUT2D eigenvalue weighted by Crippen LogP contribution is -2.04. The average molecular weight is 395 g/mol. The van der Waals surface area contributed by atoms with Crippen LogP contribution in [-0.4, -0.2) is 0 Å². The first-order valence-corrected chi connectivity index (χ1v) is 6.88. The van der Waals surface area contributed by atoms with E-state index in [0.29, 0.717) is 10.0 Å². The van der Waals surface area contributed by atoms with Crippen LogP contribution in [0.5, 0.6) is 0 Å². The summed E-state index contributed by atoms with van der Waals surface area (Å²) in [6, 6.07) is 6.50. The summed E-state index contributed by atoms with van der Waals surface area (Å²) in [6.07, 6.45) is 0. The minimum absolute atomic E-state index is 0.0138. The molecule has 0 spiro atoms. The molecule has 0 atom stereocenters. The molecule has 1 N–H and O–H groups in total. The minimum Gasteiger partial charge on any atom is -0.378 e. The second kappa shape index (κ2) is 5.96. The van der Waals surface area contributed by atoms with E-state index in [2.05, 4.69) is 37.2 Å². The third kappa shape index (κ3) is 3.51. The van der Waals surface area contributed by atoms with Gasteiger partial charge in [-0.2, -0.15) is 0 Å². The molecule has 0 bridgehead atoms. The van der Waals surface area contributed by atoms with Crippen LogP contribution in [0.2, 0.25) is 0 Å². The standard InChI is InChI=1S/C13H8Br2F3N/c14-8-1-2-10(16)7(3-8)6-19-13-5-11(17)9(15)4-12(13)18/h1-5,19H,6H2. The zero-order chi connectivity index (χ0) is 14.0. The molecule has 0 saturated carbocycles. The highest BCUT2D eigenvalue weighted by atomic mass is 79.9. The Bertz CT molecular complexity index is 617. The molecule has 2 rings (SSSR count). The van der Waals surface area contributed by atoms with Crippen molar-refractivity contribution in [3.05, 3.63) is 62.3 Å². The first-order valence-electron chi connectivity index (χ1n) is 5.29. The van der Waals surface area contributed by atoms with E-state index in [1.807, 2.05) is 0 Å². The van der Waals surface area contributed by atoms with E-state index in [1.165, 1.54) is 6.07 Å². The number of nitrogens with one attached hydrogen (secondary N) is 1. The van der Waals surface area contributed by atoms with Gasteiger partial charge in [0.1, 0.15) is 17.5 Å². The summed E-state index contributed by atoms with van der Waals surface area (Å²) in [5, 5.41) is 2.67. The Morgan fingerprint density at radius 2 is 1.63 bits per heavy atom. The van der Waals surface area contributed by atoms with Crippen molar-refractivity contribution in [1.82, 2.24) is 0 Å². The van der Waals surface area contributed by atoms with Gasteiger partial charge in [0.05, 0.1) is 10.2 Å². The number of anilines is 1. The Morgan fingerprint density at radius 1 is 0.895 bits per heavy atom. The van der Waals surface area contributed by atoms with Crippen LogP contribution in [0.4, 0.5) is 18.9 Å². The van der Waals surface area contributed by atoms with Crippen molar-refractivity contribution < 1.29 is 13.2 Å². The largest absolute Gasteiger partial charge is 0.378 e. The van der Waals surface area contributed by atoms with E-state index in [-0.39, 0.29) is 16.7 Å². The maximum absolute atomic E-state index is 13.6. The average Bonchev–Trinajstić information content (AvgIpc) is 2.36. The van der Waals surface area contributed by atoms with E-state index in [0.717, 1.165) is 12.1 Å². The number of rotatable bonds is 3. The van der Waals surface area contributed by atoms with Gasteiger partial charge in [0.2, 0.25) is 0 Å². The third-order valence-electron chi connectivity index (χ3n) is 2.49. The van der Waals surface area contributed by atoms with Gasteiger partial charge in [0, 0.05) is 22.6 Å². The SMILES string of the molecule is Fc1cc(NCc2cc(Br)ccc2F)c(F)cc1Br. The molecule has 0 heterocycles. The second-order valence-corrected chi connectivity index (χ2v) is 5.61. The highest BCUT2D eigenvalue weighted by Gasteiger charge is 2.09. The van der Waals surface area contributed by atoms with Crippen molar-refractivity contribution in [2.24, 2.45) is 0 Å². The van der Waals surface area contributed by atoms with Crippen molar-refractivity contribution in [3.63, 3.8) is 0 Å². The van der Waals surface area contributed by atoms with Crippen LogP contribution >= 0.6 is 31.9 Å². The summed E-state index contributed by atoms with van der Waals surface area (Å²) in [4.78, 5) is 0. The molecule has 0 radical (unpaired) electrons. The minimum atomic E-state index is -0.608. The molecule has 2 aromatic carbocycles. The van der Waals surface area contributed by atoms with Crippen LogP contribution in [0.1, 0.15) is 5.56 Å². The molecule has 0 aromatic heterocycles. The van der Waals surface area contributed by atoms with Crippen molar-refractivity contribution in [2.75, 3.05) is 5.32 Å². The lowest BCUT2D eigenvalue weighted by molar-refractivity contribution is 0.594. The fraction of sp³-hybridized carbons (Fsp3) is 0.0769. The van der Waals surface area contributed by atoms with Gasteiger partial charge >= 0.3 is 0 Å². The highest BCUT2D eigenvalue weighted by molar-refractivity contribution is 9.10. The molecule has 0 aliphatic carbocycles. The van der Waals surface area contributed by atoms with Gasteiger partial charge in [-0.1, -0.05) is 15.9 Å². The smallest absolute Gasteiger partial charge is 0.147 e. The second-order valence-electron chi connectivity index (χ2n) is 3.84. The molecule has 0 fully saturated rings. The predicted octanol–water partition coefficient (Wildman–Crippen LogP) is 5.24. The van der Waals surface area contributed by atoms with E-state index in [1.54, 1.807) is 12.1 Å².